The summed E-state index contributed by atoms with van der Waals surface area (Å²) >= 11 is 2.30. The number of phenolic OH excluding ortho intramolecular Hbond substituents is 1. The molecule has 25 heavy (non-hydrogen) atoms. The van der Waals surface area contributed by atoms with Gasteiger partial charge in [0.1, 0.15) is 15.7 Å². The SMILES string of the molecule is CC(=O)CSc1cc(NS(=O)(=O)c2cccs2)c2ccccc2c1O. The Labute approximate surface area is 153 Å². The summed E-state index contributed by atoms with van der Waals surface area (Å²) in [7, 11) is -3.71. The summed E-state index contributed by atoms with van der Waals surface area (Å²) in [6.07, 6.45) is 0. The zero-order chi connectivity index (χ0) is 18.0. The number of fused-ring (bicyclic) bond motifs is 1. The molecule has 0 unspecified atom stereocenters. The maximum absolute atomic E-state index is 12.5. The lowest BCUT2D eigenvalue weighted by Gasteiger charge is -2.14. The molecule has 5 nitrogen and oxygen atoms in total. The smallest absolute Gasteiger partial charge is 0.271 e. The molecular formula is C17H15NO4S3. The third-order valence-corrected chi connectivity index (χ3v) is 7.35. The van der Waals surface area contributed by atoms with Crippen molar-refractivity contribution in [2.75, 3.05) is 10.5 Å². The number of sulfonamides is 1. The van der Waals surface area contributed by atoms with Crippen LogP contribution in [0.25, 0.3) is 10.8 Å². The van der Waals surface area contributed by atoms with E-state index < -0.39 is 10.0 Å². The molecule has 8 heteroatoms. The molecule has 0 radical (unpaired) electrons. The normalized spacial score (nSPS) is 11.6. The van der Waals surface area contributed by atoms with Crippen LogP contribution in [0.4, 0.5) is 5.69 Å². The van der Waals surface area contributed by atoms with Crippen molar-refractivity contribution in [3.05, 3.63) is 47.8 Å². The molecule has 0 amide bonds. The fourth-order valence-corrected chi connectivity index (χ4v) is 5.19. The van der Waals surface area contributed by atoms with E-state index in [0.29, 0.717) is 21.4 Å². The lowest BCUT2D eigenvalue weighted by molar-refractivity contribution is -0.114. The highest BCUT2D eigenvalue weighted by Crippen LogP contribution is 2.40. The van der Waals surface area contributed by atoms with Crippen molar-refractivity contribution in [3.63, 3.8) is 0 Å². The van der Waals surface area contributed by atoms with E-state index in [9.17, 15) is 18.3 Å². The monoisotopic (exact) mass is 393 g/mol. The number of rotatable bonds is 6. The lowest BCUT2D eigenvalue weighted by atomic mass is 10.1. The largest absolute Gasteiger partial charge is 0.506 e. The molecule has 0 atom stereocenters. The second kappa shape index (κ2) is 7.07. The molecule has 1 aromatic heterocycles. The van der Waals surface area contributed by atoms with Gasteiger partial charge in [-0.05, 0) is 24.4 Å². The molecule has 2 N–H and O–H groups in total. The van der Waals surface area contributed by atoms with Crippen molar-refractivity contribution < 1.29 is 18.3 Å². The van der Waals surface area contributed by atoms with Crippen molar-refractivity contribution >= 4 is 55.4 Å². The van der Waals surface area contributed by atoms with E-state index >= 15 is 0 Å². The summed E-state index contributed by atoms with van der Waals surface area (Å²) in [5.41, 5.74) is 0.368. The van der Waals surface area contributed by atoms with Crippen LogP contribution in [0.5, 0.6) is 5.75 Å². The molecule has 1 heterocycles. The maximum Gasteiger partial charge on any atom is 0.271 e. The summed E-state index contributed by atoms with van der Waals surface area (Å²) in [6, 6.07) is 11.7. The van der Waals surface area contributed by atoms with E-state index in [1.165, 1.54) is 24.8 Å². The first-order valence-electron chi connectivity index (χ1n) is 7.32. The minimum absolute atomic E-state index is 0.0294. The first-order chi connectivity index (χ1) is 11.9. The molecule has 2 aromatic carbocycles. The van der Waals surface area contributed by atoms with Crippen molar-refractivity contribution in [2.45, 2.75) is 16.0 Å². The first kappa shape index (κ1) is 17.8. The molecule has 0 bridgehead atoms. The number of ketones is 1. The van der Waals surface area contributed by atoms with E-state index in [4.69, 9.17) is 0 Å². The number of carbonyl (C=O) groups is 1. The predicted octanol–water partition coefficient (Wildman–Crippen LogP) is 4.09. The fourth-order valence-electron chi connectivity index (χ4n) is 2.32. The Morgan fingerprint density at radius 3 is 2.56 bits per heavy atom. The Bertz CT molecular complexity index is 1030. The summed E-state index contributed by atoms with van der Waals surface area (Å²) in [5.74, 6) is 0.211. The highest BCUT2D eigenvalue weighted by atomic mass is 32.2. The van der Waals surface area contributed by atoms with Gasteiger partial charge in [0.05, 0.1) is 16.3 Å². The van der Waals surface area contributed by atoms with Crippen molar-refractivity contribution in [1.29, 1.82) is 0 Å². The van der Waals surface area contributed by atoms with Crippen LogP contribution in [0.2, 0.25) is 0 Å². The van der Waals surface area contributed by atoms with Gasteiger partial charge < -0.3 is 5.11 Å². The third kappa shape index (κ3) is 3.81. The van der Waals surface area contributed by atoms with Crippen LogP contribution in [0, 0.1) is 0 Å². The number of aromatic hydroxyl groups is 1. The molecule has 0 fully saturated rings. The average Bonchev–Trinajstić information content (AvgIpc) is 3.11. The Kier molecular flexibility index (Phi) is 5.03. The number of phenols is 1. The van der Waals surface area contributed by atoms with Gasteiger partial charge in [-0.3, -0.25) is 9.52 Å². The molecule has 0 aliphatic rings. The van der Waals surface area contributed by atoms with Crippen molar-refractivity contribution in [3.8, 4) is 5.75 Å². The Balaban J connectivity index is 2.10. The van der Waals surface area contributed by atoms with E-state index in [2.05, 4.69) is 4.72 Å². The van der Waals surface area contributed by atoms with Crippen molar-refractivity contribution in [2.24, 2.45) is 0 Å². The number of carbonyl (C=O) groups excluding carboxylic acids is 1. The molecule has 0 saturated carbocycles. The Morgan fingerprint density at radius 1 is 1.20 bits per heavy atom. The van der Waals surface area contributed by atoms with Crippen LogP contribution in [0.15, 0.2) is 56.9 Å². The molecule has 0 spiro atoms. The van der Waals surface area contributed by atoms with Gasteiger partial charge in [0, 0.05) is 10.8 Å². The summed E-state index contributed by atoms with van der Waals surface area (Å²) in [6.45, 7) is 1.46. The standard InChI is InChI=1S/C17H15NO4S3/c1-11(19)10-24-15-9-14(12-5-2-3-6-13(12)17(15)20)18-25(21,22)16-7-4-8-23-16/h2-9,18,20H,10H2,1H3. The molecule has 130 valence electrons. The highest BCUT2D eigenvalue weighted by Gasteiger charge is 2.19. The second-order valence-electron chi connectivity index (χ2n) is 5.34. The fraction of sp³-hybridized carbons (Fsp3) is 0.118. The molecular weight excluding hydrogens is 378 g/mol. The third-order valence-electron chi connectivity index (χ3n) is 3.42. The number of hydrogen-bond donors (Lipinski definition) is 2. The number of thiophene rings is 1. The van der Waals surface area contributed by atoms with E-state index in [0.717, 1.165) is 11.3 Å². The molecule has 0 aliphatic carbocycles. The maximum atomic E-state index is 12.5. The van der Waals surface area contributed by atoms with Crippen LogP contribution >= 0.6 is 23.1 Å². The van der Waals surface area contributed by atoms with Gasteiger partial charge >= 0.3 is 0 Å². The van der Waals surface area contributed by atoms with E-state index in [1.807, 2.05) is 0 Å². The summed E-state index contributed by atoms with van der Waals surface area (Å²) in [4.78, 5) is 11.7. The van der Waals surface area contributed by atoms with E-state index in [1.54, 1.807) is 41.8 Å². The van der Waals surface area contributed by atoms with Gasteiger partial charge in [-0.15, -0.1) is 23.1 Å². The second-order valence-corrected chi connectivity index (χ2v) is 9.22. The van der Waals surface area contributed by atoms with Gasteiger partial charge in [-0.1, -0.05) is 30.3 Å². The predicted molar refractivity (Wildman–Crippen MR) is 102 cm³/mol. The van der Waals surface area contributed by atoms with Gasteiger partial charge in [0.25, 0.3) is 10.0 Å². The van der Waals surface area contributed by atoms with Gasteiger partial charge in [-0.25, -0.2) is 8.42 Å². The molecule has 3 rings (SSSR count). The minimum Gasteiger partial charge on any atom is -0.506 e. The number of thioether (sulfide) groups is 1. The molecule has 0 saturated heterocycles. The zero-order valence-electron chi connectivity index (χ0n) is 13.2. The quantitative estimate of drug-likeness (QED) is 0.487. The zero-order valence-corrected chi connectivity index (χ0v) is 15.7. The van der Waals surface area contributed by atoms with Crippen LogP contribution in [0.1, 0.15) is 6.92 Å². The minimum atomic E-state index is -3.71. The Hall–Kier alpha value is -2.03. The first-order valence-corrected chi connectivity index (χ1v) is 10.7. The number of hydrogen-bond acceptors (Lipinski definition) is 6. The number of Topliss-reactive ketones (excluding diaryl/α,β-unsaturated/α-hetero) is 1. The van der Waals surface area contributed by atoms with Gasteiger partial charge in [-0.2, -0.15) is 0 Å². The number of benzene rings is 2. The Morgan fingerprint density at radius 2 is 1.92 bits per heavy atom. The van der Waals surface area contributed by atoms with Crippen LogP contribution in [0.3, 0.4) is 0 Å². The lowest BCUT2D eigenvalue weighted by Crippen LogP contribution is -2.12. The molecule has 3 aromatic rings. The van der Waals surface area contributed by atoms with Crippen LogP contribution < -0.4 is 4.72 Å². The van der Waals surface area contributed by atoms with Crippen LogP contribution in [-0.2, 0) is 14.8 Å². The number of nitrogens with one attached hydrogen (secondary N) is 1. The highest BCUT2D eigenvalue weighted by molar-refractivity contribution is 8.00. The number of anilines is 1. The topological polar surface area (TPSA) is 83.5 Å². The summed E-state index contributed by atoms with van der Waals surface area (Å²) in [5, 5.41) is 13.3. The summed E-state index contributed by atoms with van der Waals surface area (Å²) < 4.78 is 27.9. The van der Waals surface area contributed by atoms with E-state index in [-0.39, 0.29) is 21.5 Å². The van der Waals surface area contributed by atoms with Gasteiger partial charge in [0.2, 0.25) is 0 Å². The van der Waals surface area contributed by atoms with Crippen molar-refractivity contribution in [1.82, 2.24) is 0 Å². The van der Waals surface area contributed by atoms with Gasteiger partial charge in [0.15, 0.2) is 0 Å². The average molecular weight is 394 g/mol. The molecule has 0 aliphatic heterocycles. The van der Waals surface area contributed by atoms with Crippen LogP contribution in [-0.4, -0.2) is 25.1 Å².